The second kappa shape index (κ2) is 10.4. The zero-order chi connectivity index (χ0) is 24.9. The van der Waals surface area contributed by atoms with Crippen LogP contribution >= 0.6 is 11.6 Å². The first kappa shape index (κ1) is 23.9. The molecule has 0 unspecified atom stereocenters. The van der Waals surface area contributed by atoms with Gasteiger partial charge in [0.05, 0.1) is 16.8 Å². The molecule has 4 aromatic rings. The van der Waals surface area contributed by atoms with Gasteiger partial charge >= 0.3 is 0 Å². The van der Waals surface area contributed by atoms with Crippen molar-refractivity contribution in [3.8, 4) is 11.5 Å². The van der Waals surface area contributed by atoms with Crippen LogP contribution in [0.2, 0.25) is 5.02 Å². The van der Waals surface area contributed by atoms with E-state index in [-0.39, 0.29) is 11.8 Å². The van der Waals surface area contributed by atoms with Crippen molar-refractivity contribution in [1.82, 2.24) is 19.9 Å². The van der Waals surface area contributed by atoms with Gasteiger partial charge in [0, 0.05) is 38.3 Å². The van der Waals surface area contributed by atoms with E-state index in [1.165, 1.54) is 23.5 Å². The number of benzene rings is 3. The van der Waals surface area contributed by atoms with Gasteiger partial charge in [0.25, 0.3) is 0 Å². The number of nitrogens with zero attached hydrogens (tertiary/aromatic N) is 5. The molecule has 1 aromatic heterocycles. The topological polar surface area (TPSA) is 89.7 Å². The molecule has 0 amide bonds. The highest BCUT2D eigenvalue weighted by molar-refractivity contribution is 6.32. The lowest BCUT2D eigenvalue weighted by atomic mass is 10.1. The van der Waals surface area contributed by atoms with Crippen molar-refractivity contribution in [3.63, 3.8) is 0 Å². The van der Waals surface area contributed by atoms with Crippen LogP contribution in [0.5, 0.6) is 11.5 Å². The second-order valence-corrected chi connectivity index (χ2v) is 8.22. The lowest BCUT2D eigenvalue weighted by Crippen LogP contribution is -2.33. The summed E-state index contributed by atoms with van der Waals surface area (Å²) in [4.78, 5) is 10.4. The van der Waals surface area contributed by atoms with Crippen LogP contribution in [-0.4, -0.2) is 53.2 Å². The van der Waals surface area contributed by atoms with Gasteiger partial charge in [0.2, 0.25) is 5.96 Å². The number of hydrogen-bond acceptors (Lipinski definition) is 6. The molecule has 0 bridgehead atoms. The highest BCUT2D eigenvalue weighted by atomic mass is 35.5. The number of fused-ring (bicyclic) bond motifs is 1. The van der Waals surface area contributed by atoms with E-state index < -0.39 is 0 Å². The van der Waals surface area contributed by atoms with E-state index in [2.05, 4.69) is 20.4 Å². The summed E-state index contributed by atoms with van der Waals surface area (Å²) in [5.74, 6) is 1.22. The predicted octanol–water partition coefficient (Wildman–Crippen LogP) is 5.72. The van der Waals surface area contributed by atoms with Crippen molar-refractivity contribution in [2.75, 3.05) is 26.5 Å². The molecule has 0 atom stereocenters. The Morgan fingerprint density at radius 3 is 2.66 bits per heavy atom. The molecule has 0 saturated heterocycles. The van der Waals surface area contributed by atoms with Crippen LogP contribution in [0.3, 0.4) is 0 Å². The fourth-order valence-corrected chi connectivity index (χ4v) is 3.43. The van der Waals surface area contributed by atoms with E-state index in [4.69, 9.17) is 21.7 Å². The van der Waals surface area contributed by atoms with Gasteiger partial charge in [-0.3, -0.25) is 5.41 Å². The zero-order valence-corrected chi connectivity index (χ0v) is 20.1. The summed E-state index contributed by atoms with van der Waals surface area (Å²) in [5, 5.41) is 18.2. The first-order valence-corrected chi connectivity index (χ1v) is 11.0. The summed E-state index contributed by atoms with van der Waals surface area (Å²) in [5.41, 5.74) is 2.27. The van der Waals surface area contributed by atoms with E-state index in [0.29, 0.717) is 28.0 Å². The van der Waals surface area contributed by atoms with E-state index >= 15 is 0 Å². The van der Waals surface area contributed by atoms with E-state index in [9.17, 15) is 4.39 Å². The van der Waals surface area contributed by atoms with Crippen molar-refractivity contribution < 1.29 is 9.13 Å². The molecule has 8 nitrogen and oxygen atoms in total. The van der Waals surface area contributed by atoms with Crippen molar-refractivity contribution in [2.45, 2.75) is 0 Å². The first-order valence-electron chi connectivity index (χ1n) is 10.6. The molecule has 10 heteroatoms. The average molecular weight is 492 g/mol. The lowest BCUT2D eigenvalue weighted by Gasteiger charge is -2.20. The molecule has 3 aromatic carbocycles. The Bertz CT molecular complexity index is 1410. The molecule has 0 aliphatic rings. The highest BCUT2D eigenvalue weighted by Crippen LogP contribution is 2.33. The monoisotopic (exact) mass is 491 g/mol. The van der Waals surface area contributed by atoms with Crippen molar-refractivity contribution in [3.05, 3.63) is 83.4 Å². The number of guanidine groups is 1. The minimum absolute atomic E-state index is 0.259. The zero-order valence-electron chi connectivity index (χ0n) is 19.3. The number of halogens is 2. The van der Waals surface area contributed by atoms with E-state index in [1.54, 1.807) is 62.6 Å². The lowest BCUT2D eigenvalue weighted by molar-refractivity contribution is 0.441. The molecular formula is C25H23ClFN7O. The first-order chi connectivity index (χ1) is 16.8. The van der Waals surface area contributed by atoms with Gasteiger partial charge in [-0.1, -0.05) is 23.7 Å². The minimum atomic E-state index is -0.389. The molecule has 35 heavy (non-hydrogen) atoms. The van der Waals surface area contributed by atoms with Crippen LogP contribution in [0.4, 0.5) is 15.9 Å². The largest absolute Gasteiger partial charge is 0.456 e. The fraction of sp³-hybridized carbons (Fsp3) is 0.120. The molecule has 0 aliphatic heterocycles. The maximum absolute atomic E-state index is 13.4. The Kier molecular flexibility index (Phi) is 7.07. The molecule has 1 heterocycles. The van der Waals surface area contributed by atoms with Crippen molar-refractivity contribution >= 4 is 46.2 Å². The average Bonchev–Trinajstić information content (AvgIpc) is 2.84. The Labute approximate surface area is 207 Å². The van der Waals surface area contributed by atoms with Crippen molar-refractivity contribution in [1.29, 1.82) is 5.41 Å². The molecular weight excluding hydrogens is 469 g/mol. The number of nitrogens with one attached hydrogen (secondary N) is 2. The quantitative estimate of drug-likeness (QED) is 0.204. The SMILES string of the molecule is CN(C)C(=N)N(C)N=Cc1ccc2ncnc(Nc3ccc(Oc4cccc(F)c4)c(Cl)c3)c2c1. The summed E-state index contributed by atoms with van der Waals surface area (Å²) in [6.45, 7) is 0. The maximum Gasteiger partial charge on any atom is 0.213 e. The maximum atomic E-state index is 13.4. The summed E-state index contributed by atoms with van der Waals surface area (Å²) in [6.07, 6.45) is 3.15. The third-order valence-corrected chi connectivity index (χ3v) is 5.28. The van der Waals surface area contributed by atoms with Crippen LogP contribution in [0.15, 0.2) is 72.1 Å². The summed E-state index contributed by atoms with van der Waals surface area (Å²) in [6, 6.07) is 16.7. The van der Waals surface area contributed by atoms with Gasteiger partial charge in [-0.15, -0.1) is 0 Å². The number of ether oxygens (including phenoxy) is 1. The van der Waals surface area contributed by atoms with Gasteiger partial charge in [0.1, 0.15) is 29.5 Å². The standard InChI is InChI=1S/C25H23ClFN7O/c1-33(2)25(28)34(3)31-14-16-7-9-22-20(11-16)24(30-15-29-22)32-18-8-10-23(21(26)13-18)35-19-6-4-5-17(27)12-19/h4-15,28H,1-3H3,(H,29,30,32). The third kappa shape index (κ3) is 5.82. The van der Waals surface area contributed by atoms with Crippen LogP contribution in [0, 0.1) is 11.2 Å². The van der Waals surface area contributed by atoms with Crippen LogP contribution in [0.25, 0.3) is 10.9 Å². The van der Waals surface area contributed by atoms with Gasteiger partial charge in [-0.05, 0) is 48.0 Å². The Morgan fingerprint density at radius 1 is 1.09 bits per heavy atom. The second-order valence-electron chi connectivity index (χ2n) is 7.81. The van der Waals surface area contributed by atoms with E-state index in [0.717, 1.165) is 16.5 Å². The number of hydrogen-bond donors (Lipinski definition) is 2. The summed E-state index contributed by atoms with van der Waals surface area (Å²) < 4.78 is 19.1. The van der Waals surface area contributed by atoms with Crippen LogP contribution in [-0.2, 0) is 0 Å². The van der Waals surface area contributed by atoms with Gasteiger partial charge in [-0.2, -0.15) is 5.10 Å². The molecule has 2 N–H and O–H groups in total. The van der Waals surface area contributed by atoms with Crippen LogP contribution < -0.4 is 10.1 Å². The van der Waals surface area contributed by atoms with E-state index in [1.807, 2.05) is 18.2 Å². The third-order valence-electron chi connectivity index (χ3n) is 4.99. The summed E-state index contributed by atoms with van der Waals surface area (Å²) >= 11 is 6.41. The molecule has 0 fully saturated rings. The Hall–Kier alpha value is -4.24. The minimum Gasteiger partial charge on any atom is -0.456 e. The molecule has 0 radical (unpaired) electrons. The molecule has 4 rings (SSSR count). The van der Waals surface area contributed by atoms with Crippen molar-refractivity contribution in [2.24, 2.45) is 5.10 Å². The van der Waals surface area contributed by atoms with Crippen LogP contribution in [0.1, 0.15) is 5.56 Å². The molecule has 0 aliphatic carbocycles. The number of hydrazone groups is 1. The summed E-state index contributed by atoms with van der Waals surface area (Å²) in [7, 11) is 5.28. The fourth-order valence-electron chi connectivity index (χ4n) is 3.21. The smallest absolute Gasteiger partial charge is 0.213 e. The van der Waals surface area contributed by atoms with Gasteiger partial charge in [0.15, 0.2) is 0 Å². The van der Waals surface area contributed by atoms with Gasteiger partial charge in [-0.25, -0.2) is 19.4 Å². The molecule has 0 spiro atoms. The normalized spacial score (nSPS) is 11.0. The molecule has 178 valence electrons. The predicted molar refractivity (Wildman–Crippen MR) is 138 cm³/mol. The number of anilines is 2. The number of aromatic nitrogens is 2. The molecule has 0 saturated carbocycles. The van der Waals surface area contributed by atoms with Gasteiger partial charge < -0.3 is 15.0 Å². The highest BCUT2D eigenvalue weighted by Gasteiger charge is 2.09. The Morgan fingerprint density at radius 2 is 1.91 bits per heavy atom. The Balaban J connectivity index is 1.56. The number of rotatable bonds is 6.